The standard InChI is InChI=1S/C23H27N7O2/c31-22(17-5-4-10-30(15-17)23(32)27-18-6-2-1-3-7-18)29-13-11-28(12-14-29)21-19-8-9-24-20(19)25-16-26-21/h1-3,6-9,16-17H,4-5,10-15H2,(H,27,32)(H,24,25,26). The molecule has 2 aliphatic heterocycles. The highest BCUT2D eigenvalue weighted by Crippen LogP contribution is 2.25. The maximum absolute atomic E-state index is 13.2. The summed E-state index contributed by atoms with van der Waals surface area (Å²) < 4.78 is 0. The van der Waals surface area contributed by atoms with E-state index in [9.17, 15) is 9.59 Å². The highest BCUT2D eigenvalue weighted by molar-refractivity contribution is 5.90. The molecule has 0 spiro atoms. The van der Waals surface area contributed by atoms with Crippen LogP contribution < -0.4 is 10.2 Å². The lowest BCUT2D eigenvalue weighted by Crippen LogP contribution is -2.53. The van der Waals surface area contributed by atoms with E-state index in [-0.39, 0.29) is 17.9 Å². The van der Waals surface area contributed by atoms with Crippen molar-refractivity contribution in [1.82, 2.24) is 24.8 Å². The molecule has 0 bridgehead atoms. The molecule has 2 fully saturated rings. The lowest BCUT2D eigenvalue weighted by atomic mass is 9.96. The summed E-state index contributed by atoms with van der Waals surface area (Å²) in [5.74, 6) is 0.911. The number of fused-ring (bicyclic) bond motifs is 1. The number of nitrogens with one attached hydrogen (secondary N) is 2. The van der Waals surface area contributed by atoms with Crippen LogP contribution in [0.1, 0.15) is 12.8 Å². The number of aromatic nitrogens is 3. The second-order valence-electron chi connectivity index (χ2n) is 8.33. The van der Waals surface area contributed by atoms with E-state index in [4.69, 9.17) is 0 Å². The number of likely N-dealkylation sites (tertiary alicyclic amines) is 1. The highest BCUT2D eigenvalue weighted by Gasteiger charge is 2.33. The van der Waals surface area contributed by atoms with E-state index < -0.39 is 0 Å². The molecule has 9 heteroatoms. The third-order valence-electron chi connectivity index (χ3n) is 6.31. The van der Waals surface area contributed by atoms with Gasteiger partial charge in [-0.05, 0) is 31.0 Å². The summed E-state index contributed by atoms with van der Waals surface area (Å²) in [6.07, 6.45) is 5.10. The zero-order chi connectivity index (χ0) is 21.9. The number of carbonyl (C=O) groups excluding carboxylic acids is 2. The monoisotopic (exact) mass is 433 g/mol. The van der Waals surface area contributed by atoms with Gasteiger partial charge < -0.3 is 25.0 Å². The summed E-state index contributed by atoms with van der Waals surface area (Å²) in [5, 5.41) is 3.93. The van der Waals surface area contributed by atoms with Crippen LogP contribution >= 0.6 is 0 Å². The fourth-order valence-corrected chi connectivity index (χ4v) is 4.59. The van der Waals surface area contributed by atoms with E-state index in [2.05, 4.69) is 25.2 Å². The molecule has 9 nitrogen and oxygen atoms in total. The van der Waals surface area contributed by atoms with Gasteiger partial charge in [0.15, 0.2) is 0 Å². The molecule has 32 heavy (non-hydrogen) atoms. The van der Waals surface area contributed by atoms with Gasteiger partial charge in [-0.15, -0.1) is 0 Å². The molecule has 0 aliphatic carbocycles. The van der Waals surface area contributed by atoms with E-state index in [0.717, 1.165) is 48.5 Å². The van der Waals surface area contributed by atoms with Crippen LogP contribution in [0.5, 0.6) is 0 Å². The number of urea groups is 1. The largest absolute Gasteiger partial charge is 0.352 e. The summed E-state index contributed by atoms with van der Waals surface area (Å²) in [7, 11) is 0. The summed E-state index contributed by atoms with van der Waals surface area (Å²) >= 11 is 0. The molecular formula is C23H27N7O2. The molecule has 1 unspecified atom stereocenters. The lowest BCUT2D eigenvalue weighted by Gasteiger charge is -2.39. The number of amides is 3. The van der Waals surface area contributed by atoms with E-state index in [1.54, 1.807) is 11.2 Å². The molecular weight excluding hydrogens is 406 g/mol. The molecule has 2 aliphatic rings. The third-order valence-corrected chi connectivity index (χ3v) is 6.31. The van der Waals surface area contributed by atoms with Crippen molar-refractivity contribution >= 4 is 34.5 Å². The van der Waals surface area contributed by atoms with E-state index in [1.165, 1.54) is 0 Å². The van der Waals surface area contributed by atoms with Crippen molar-refractivity contribution in [2.45, 2.75) is 12.8 Å². The molecule has 3 amide bonds. The van der Waals surface area contributed by atoms with Crippen LogP contribution in [0.4, 0.5) is 16.3 Å². The molecule has 166 valence electrons. The number of carbonyl (C=O) groups is 2. The molecule has 3 aromatic rings. The maximum atomic E-state index is 13.2. The summed E-state index contributed by atoms with van der Waals surface area (Å²) in [5.41, 5.74) is 1.59. The number of rotatable bonds is 3. The predicted molar refractivity (Wildman–Crippen MR) is 122 cm³/mol. The Bertz CT molecular complexity index is 1090. The van der Waals surface area contributed by atoms with Crippen LogP contribution in [0.2, 0.25) is 0 Å². The topological polar surface area (TPSA) is 97.5 Å². The van der Waals surface area contributed by atoms with Gasteiger partial charge >= 0.3 is 6.03 Å². The number of para-hydroxylation sites is 1. The second-order valence-corrected chi connectivity index (χ2v) is 8.33. The molecule has 0 radical (unpaired) electrons. The van der Waals surface area contributed by atoms with E-state index in [0.29, 0.717) is 26.2 Å². The zero-order valence-corrected chi connectivity index (χ0v) is 17.9. The van der Waals surface area contributed by atoms with Crippen molar-refractivity contribution in [3.8, 4) is 0 Å². The fourth-order valence-electron chi connectivity index (χ4n) is 4.59. The number of aromatic amines is 1. The minimum Gasteiger partial charge on any atom is -0.352 e. The lowest BCUT2D eigenvalue weighted by molar-refractivity contribution is -0.137. The first-order chi connectivity index (χ1) is 15.7. The van der Waals surface area contributed by atoms with Gasteiger partial charge in [-0.25, -0.2) is 14.8 Å². The van der Waals surface area contributed by atoms with Gasteiger partial charge in [0, 0.05) is 51.2 Å². The van der Waals surface area contributed by atoms with Crippen LogP contribution in [-0.2, 0) is 4.79 Å². The van der Waals surface area contributed by atoms with E-state index >= 15 is 0 Å². The summed E-state index contributed by atoms with van der Waals surface area (Å²) in [6.45, 7) is 3.91. The second kappa shape index (κ2) is 8.86. The first-order valence-corrected chi connectivity index (χ1v) is 11.1. The third kappa shape index (κ3) is 4.10. The van der Waals surface area contributed by atoms with Crippen molar-refractivity contribution in [3.63, 3.8) is 0 Å². The number of anilines is 2. The Morgan fingerprint density at radius 1 is 0.969 bits per heavy atom. The van der Waals surface area contributed by atoms with E-state index in [1.807, 2.05) is 47.5 Å². The van der Waals surface area contributed by atoms with Crippen molar-refractivity contribution in [3.05, 3.63) is 48.9 Å². The Labute approximate surface area is 186 Å². The smallest absolute Gasteiger partial charge is 0.321 e. The number of hydrogen-bond acceptors (Lipinski definition) is 5. The minimum atomic E-state index is -0.146. The number of hydrogen-bond donors (Lipinski definition) is 2. The Kier molecular flexibility index (Phi) is 5.62. The molecule has 2 saturated heterocycles. The van der Waals surface area contributed by atoms with Gasteiger partial charge in [0.2, 0.25) is 5.91 Å². The van der Waals surface area contributed by atoms with Gasteiger partial charge in [0.05, 0.1) is 11.3 Å². The summed E-state index contributed by atoms with van der Waals surface area (Å²) in [6, 6.07) is 11.3. The van der Waals surface area contributed by atoms with Gasteiger partial charge in [-0.2, -0.15) is 0 Å². The first-order valence-electron chi connectivity index (χ1n) is 11.1. The van der Waals surface area contributed by atoms with Crippen molar-refractivity contribution < 1.29 is 9.59 Å². The molecule has 1 aromatic carbocycles. The van der Waals surface area contributed by atoms with Crippen LogP contribution in [0.15, 0.2) is 48.9 Å². The fraction of sp³-hybridized carbons (Fsp3) is 0.391. The van der Waals surface area contributed by atoms with Crippen LogP contribution in [-0.4, -0.2) is 76.0 Å². The van der Waals surface area contributed by atoms with Crippen LogP contribution in [0.3, 0.4) is 0 Å². The maximum Gasteiger partial charge on any atom is 0.321 e. The number of benzene rings is 1. The number of piperidine rings is 1. The van der Waals surface area contributed by atoms with Gasteiger partial charge in [-0.1, -0.05) is 18.2 Å². The molecule has 4 heterocycles. The number of nitrogens with zero attached hydrogens (tertiary/aromatic N) is 5. The SMILES string of the molecule is O=C(Nc1ccccc1)N1CCCC(C(=O)N2CCN(c3ncnc4[nH]ccc34)CC2)C1. The highest BCUT2D eigenvalue weighted by atomic mass is 16.2. The Hall–Kier alpha value is -3.62. The average molecular weight is 434 g/mol. The Morgan fingerprint density at radius 2 is 1.78 bits per heavy atom. The zero-order valence-electron chi connectivity index (χ0n) is 17.9. The van der Waals surface area contributed by atoms with Gasteiger partial charge in [-0.3, -0.25) is 4.79 Å². The van der Waals surface area contributed by atoms with Crippen LogP contribution in [0, 0.1) is 5.92 Å². The van der Waals surface area contributed by atoms with Crippen molar-refractivity contribution in [2.24, 2.45) is 5.92 Å². The molecule has 0 saturated carbocycles. The van der Waals surface area contributed by atoms with Gasteiger partial charge in [0.1, 0.15) is 17.8 Å². The van der Waals surface area contributed by atoms with Gasteiger partial charge in [0.25, 0.3) is 0 Å². The van der Waals surface area contributed by atoms with Crippen molar-refractivity contribution in [2.75, 3.05) is 49.5 Å². The normalized spacial score (nSPS) is 19.2. The molecule has 2 aromatic heterocycles. The minimum absolute atomic E-state index is 0.141. The molecule has 1 atom stereocenters. The predicted octanol–water partition coefficient (Wildman–Crippen LogP) is 2.55. The summed E-state index contributed by atoms with van der Waals surface area (Å²) in [4.78, 5) is 43.6. The Morgan fingerprint density at radius 3 is 2.59 bits per heavy atom. The number of H-pyrrole nitrogens is 1. The number of piperazine rings is 1. The molecule has 2 N–H and O–H groups in total. The quantitative estimate of drug-likeness (QED) is 0.662. The Balaban J connectivity index is 1.18. The molecule has 5 rings (SSSR count). The average Bonchev–Trinajstić information content (AvgIpc) is 3.34. The van der Waals surface area contributed by atoms with Crippen molar-refractivity contribution in [1.29, 1.82) is 0 Å². The van der Waals surface area contributed by atoms with Crippen LogP contribution in [0.25, 0.3) is 11.0 Å². The first kappa shape index (κ1) is 20.3.